The molecule has 3 nitrogen and oxygen atoms in total. The maximum Gasteiger partial charge on any atom is 0.287 e. The number of nitrogens with zero attached hydrogens (tertiary/aromatic N) is 2. The van der Waals surface area contributed by atoms with Crippen molar-refractivity contribution in [3.63, 3.8) is 0 Å². The van der Waals surface area contributed by atoms with Crippen LogP contribution in [0.15, 0.2) is 4.99 Å². The van der Waals surface area contributed by atoms with E-state index in [2.05, 4.69) is 16.8 Å². The summed E-state index contributed by atoms with van der Waals surface area (Å²) in [7, 11) is 1.74. The van der Waals surface area contributed by atoms with Crippen molar-refractivity contribution in [2.45, 2.75) is 45.1 Å². The molecule has 3 heteroatoms. The number of amidine groups is 1. The molecule has 2 rings (SSSR count). The maximum absolute atomic E-state index is 5.36. The van der Waals surface area contributed by atoms with Crippen molar-refractivity contribution in [3.8, 4) is 0 Å². The third kappa shape index (κ3) is 2.44. The monoisotopic (exact) mass is 210 g/mol. The minimum absolute atomic E-state index is 0.681. The van der Waals surface area contributed by atoms with Crippen molar-refractivity contribution in [3.05, 3.63) is 0 Å². The van der Waals surface area contributed by atoms with Gasteiger partial charge in [0.15, 0.2) is 0 Å². The van der Waals surface area contributed by atoms with Crippen LogP contribution in [-0.2, 0) is 4.74 Å². The lowest BCUT2D eigenvalue weighted by molar-refractivity contribution is 0.165. The average Bonchev–Trinajstić information content (AvgIpc) is 2.30. The summed E-state index contributed by atoms with van der Waals surface area (Å²) in [5.41, 5.74) is 0. The van der Waals surface area contributed by atoms with Gasteiger partial charge in [-0.15, -0.1) is 0 Å². The van der Waals surface area contributed by atoms with E-state index < -0.39 is 0 Å². The maximum atomic E-state index is 5.36. The number of rotatable bonds is 1. The highest BCUT2D eigenvalue weighted by atomic mass is 16.5. The van der Waals surface area contributed by atoms with Gasteiger partial charge in [-0.25, -0.2) is 4.99 Å². The molecule has 0 bridgehead atoms. The minimum atomic E-state index is 0.681. The first-order chi connectivity index (χ1) is 7.31. The second-order valence-corrected chi connectivity index (χ2v) is 4.83. The predicted molar refractivity (Wildman–Crippen MR) is 62.1 cm³/mol. The van der Waals surface area contributed by atoms with Gasteiger partial charge in [-0.2, -0.15) is 0 Å². The largest absolute Gasteiger partial charge is 0.468 e. The molecule has 0 unspecified atom stereocenters. The number of ether oxygens (including phenoxy) is 1. The molecule has 2 aliphatic rings. The lowest BCUT2D eigenvalue weighted by atomic mass is 9.86. The summed E-state index contributed by atoms with van der Waals surface area (Å²) in [5, 5.41) is 0. The number of hydrogen-bond donors (Lipinski definition) is 0. The van der Waals surface area contributed by atoms with Crippen LogP contribution in [0.2, 0.25) is 0 Å². The quantitative estimate of drug-likeness (QED) is 0.663. The van der Waals surface area contributed by atoms with E-state index in [1.54, 1.807) is 7.11 Å². The third-order valence-corrected chi connectivity index (χ3v) is 3.66. The van der Waals surface area contributed by atoms with Crippen LogP contribution in [0, 0.1) is 5.92 Å². The molecule has 0 spiro atoms. The highest BCUT2D eigenvalue weighted by Crippen LogP contribution is 2.28. The lowest BCUT2D eigenvalue weighted by Crippen LogP contribution is -2.45. The van der Waals surface area contributed by atoms with Crippen LogP contribution in [0.5, 0.6) is 0 Å². The van der Waals surface area contributed by atoms with Crippen LogP contribution < -0.4 is 0 Å². The second kappa shape index (κ2) is 4.86. The van der Waals surface area contributed by atoms with Crippen LogP contribution in [0.25, 0.3) is 0 Å². The summed E-state index contributed by atoms with van der Waals surface area (Å²) in [6.07, 6.45) is 6.52. The molecular formula is C12H22N2O. The molecule has 0 radical (unpaired) electrons. The summed E-state index contributed by atoms with van der Waals surface area (Å²) >= 11 is 0. The SMILES string of the molecule is COC1=NCCCN1C1CCC(C)CC1. The van der Waals surface area contributed by atoms with Crippen molar-refractivity contribution in [2.24, 2.45) is 10.9 Å². The van der Waals surface area contributed by atoms with Gasteiger partial charge in [0.25, 0.3) is 6.02 Å². The van der Waals surface area contributed by atoms with Crippen molar-refractivity contribution < 1.29 is 4.74 Å². The Morgan fingerprint density at radius 2 is 2.00 bits per heavy atom. The molecule has 1 heterocycles. The molecule has 0 aromatic rings. The Kier molecular flexibility index (Phi) is 3.49. The van der Waals surface area contributed by atoms with Gasteiger partial charge in [-0.05, 0) is 38.0 Å². The van der Waals surface area contributed by atoms with E-state index in [4.69, 9.17) is 4.74 Å². The van der Waals surface area contributed by atoms with Gasteiger partial charge in [0.05, 0.1) is 7.11 Å². The zero-order valence-corrected chi connectivity index (χ0v) is 9.91. The van der Waals surface area contributed by atoms with Crippen LogP contribution >= 0.6 is 0 Å². The zero-order valence-electron chi connectivity index (χ0n) is 9.91. The van der Waals surface area contributed by atoms with E-state index in [-0.39, 0.29) is 0 Å². The van der Waals surface area contributed by atoms with E-state index in [9.17, 15) is 0 Å². The molecule has 1 saturated carbocycles. The Morgan fingerprint density at radius 3 is 2.67 bits per heavy atom. The highest BCUT2D eigenvalue weighted by molar-refractivity contribution is 5.74. The van der Waals surface area contributed by atoms with Crippen LogP contribution in [0.1, 0.15) is 39.0 Å². The van der Waals surface area contributed by atoms with Crippen LogP contribution in [-0.4, -0.2) is 37.2 Å². The van der Waals surface area contributed by atoms with Gasteiger partial charge in [0, 0.05) is 19.1 Å². The molecule has 15 heavy (non-hydrogen) atoms. The fourth-order valence-electron chi connectivity index (χ4n) is 2.68. The highest BCUT2D eigenvalue weighted by Gasteiger charge is 2.27. The molecule has 0 aromatic heterocycles. The number of aliphatic imine (C=N–C) groups is 1. The Bertz CT molecular complexity index is 232. The Hall–Kier alpha value is -0.730. The van der Waals surface area contributed by atoms with Gasteiger partial charge < -0.3 is 9.64 Å². The van der Waals surface area contributed by atoms with Gasteiger partial charge >= 0.3 is 0 Å². The topological polar surface area (TPSA) is 24.8 Å². The lowest BCUT2D eigenvalue weighted by Gasteiger charge is -2.38. The first kappa shape index (κ1) is 10.8. The summed E-state index contributed by atoms with van der Waals surface area (Å²) in [6.45, 7) is 4.42. The first-order valence-corrected chi connectivity index (χ1v) is 6.16. The Morgan fingerprint density at radius 1 is 1.27 bits per heavy atom. The third-order valence-electron chi connectivity index (χ3n) is 3.66. The summed E-state index contributed by atoms with van der Waals surface area (Å²) in [5.74, 6) is 0.911. The smallest absolute Gasteiger partial charge is 0.287 e. The summed E-state index contributed by atoms with van der Waals surface area (Å²) in [6, 6.07) is 1.56. The van der Waals surface area contributed by atoms with Crippen molar-refractivity contribution in [2.75, 3.05) is 20.2 Å². The molecule has 0 atom stereocenters. The number of hydrogen-bond acceptors (Lipinski definition) is 3. The molecular weight excluding hydrogens is 188 g/mol. The number of methoxy groups -OCH3 is 1. The summed E-state index contributed by atoms with van der Waals surface area (Å²) < 4.78 is 5.36. The van der Waals surface area contributed by atoms with Crippen LogP contribution in [0.4, 0.5) is 0 Å². The average molecular weight is 210 g/mol. The molecule has 0 N–H and O–H groups in total. The molecule has 0 amide bonds. The standard InChI is InChI=1S/C12H22N2O/c1-10-4-6-11(7-5-10)14-9-3-8-13-12(14)15-2/h10-11H,3-9H2,1-2H3. The van der Waals surface area contributed by atoms with Gasteiger partial charge in [0.2, 0.25) is 0 Å². The Labute approximate surface area is 92.5 Å². The summed E-state index contributed by atoms with van der Waals surface area (Å²) in [4.78, 5) is 6.83. The molecule has 0 aromatic carbocycles. The molecule has 1 aliphatic carbocycles. The fraction of sp³-hybridized carbons (Fsp3) is 0.917. The van der Waals surface area contributed by atoms with E-state index in [1.165, 1.54) is 32.1 Å². The van der Waals surface area contributed by atoms with E-state index in [1.807, 2.05) is 0 Å². The fourth-order valence-corrected chi connectivity index (χ4v) is 2.68. The van der Waals surface area contributed by atoms with Crippen molar-refractivity contribution >= 4 is 6.02 Å². The van der Waals surface area contributed by atoms with Crippen molar-refractivity contribution in [1.29, 1.82) is 0 Å². The zero-order chi connectivity index (χ0) is 10.7. The van der Waals surface area contributed by atoms with Gasteiger partial charge in [-0.3, -0.25) is 0 Å². The van der Waals surface area contributed by atoms with Gasteiger partial charge in [-0.1, -0.05) is 6.92 Å². The van der Waals surface area contributed by atoms with E-state index >= 15 is 0 Å². The first-order valence-electron chi connectivity index (χ1n) is 6.16. The van der Waals surface area contributed by atoms with Gasteiger partial charge in [0.1, 0.15) is 0 Å². The van der Waals surface area contributed by atoms with E-state index in [0.29, 0.717) is 6.04 Å². The van der Waals surface area contributed by atoms with Crippen molar-refractivity contribution in [1.82, 2.24) is 4.90 Å². The molecule has 1 fully saturated rings. The predicted octanol–water partition coefficient (Wildman–Crippen LogP) is 2.27. The Balaban J connectivity index is 1.97. The normalized spacial score (nSPS) is 32.4. The van der Waals surface area contributed by atoms with E-state index in [0.717, 1.165) is 25.0 Å². The molecule has 1 aliphatic heterocycles. The van der Waals surface area contributed by atoms with Crippen LogP contribution in [0.3, 0.4) is 0 Å². The second-order valence-electron chi connectivity index (χ2n) is 4.83. The minimum Gasteiger partial charge on any atom is -0.468 e. The molecule has 0 saturated heterocycles. The molecule has 86 valence electrons.